The topological polar surface area (TPSA) is 32.7 Å². The van der Waals surface area contributed by atoms with E-state index in [0.29, 0.717) is 6.61 Å². The van der Waals surface area contributed by atoms with Gasteiger partial charge in [-0.1, -0.05) is 13.8 Å². The molecule has 0 aromatic heterocycles. The first-order chi connectivity index (χ1) is 8.03. The highest BCUT2D eigenvalue weighted by Gasteiger charge is 2.35. The summed E-state index contributed by atoms with van der Waals surface area (Å²) in [5.74, 6) is 0. The lowest BCUT2D eigenvalue weighted by molar-refractivity contribution is -0.0643. The number of rotatable bonds is 6. The Labute approximate surface area is 106 Å². The molecule has 0 radical (unpaired) electrons. The van der Waals surface area contributed by atoms with E-state index in [0.717, 1.165) is 38.9 Å². The number of nitrogens with zero attached hydrogens (tertiary/aromatic N) is 1. The highest BCUT2D eigenvalue weighted by atomic mass is 16.5. The largest absolute Gasteiger partial charge is 0.396 e. The summed E-state index contributed by atoms with van der Waals surface area (Å²) < 4.78 is 5.62. The zero-order valence-corrected chi connectivity index (χ0v) is 12.0. The van der Waals surface area contributed by atoms with Crippen molar-refractivity contribution in [3.63, 3.8) is 0 Å². The minimum atomic E-state index is 0.000921. The Morgan fingerprint density at radius 3 is 2.47 bits per heavy atom. The number of aliphatic hydroxyl groups excluding tert-OH is 1. The van der Waals surface area contributed by atoms with Crippen LogP contribution in [0.4, 0.5) is 0 Å². The minimum Gasteiger partial charge on any atom is -0.396 e. The summed E-state index contributed by atoms with van der Waals surface area (Å²) in [6.45, 7) is 9.97. The lowest BCUT2D eigenvalue weighted by atomic mass is 9.81. The van der Waals surface area contributed by atoms with Gasteiger partial charge in [0.2, 0.25) is 0 Å². The molecule has 3 nitrogen and oxygen atoms in total. The van der Waals surface area contributed by atoms with Gasteiger partial charge < -0.3 is 9.84 Å². The molecule has 1 rings (SSSR count). The highest BCUT2D eigenvalue weighted by Crippen LogP contribution is 2.31. The average Bonchev–Trinajstić information content (AvgIpc) is 2.36. The van der Waals surface area contributed by atoms with Crippen molar-refractivity contribution >= 4 is 0 Å². The molecule has 0 bridgehead atoms. The summed E-state index contributed by atoms with van der Waals surface area (Å²) in [4.78, 5) is 2.47. The van der Waals surface area contributed by atoms with E-state index in [4.69, 9.17) is 4.74 Å². The molecule has 0 aliphatic carbocycles. The van der Waals surface area contributed by atoms with Gasteiger partial charge in [0, 0.05) is 32.2 Å². The zero-order chi connectivity index (χ0) is 12.9. The van der Waals surface area contributed by atoms with Crippen LogP contribution in [0.3, 0.4) is 0 Å². The number of methoxy groups -OCH3 is 1. The van der Waals surface area contributed by atoms with E-state index < -0.39 is 0 Å². The van der Waals surface area contributed by atoms with E-state index in [1.807, 2.05) is 7.11 Å². The Balaban J connectivity index is 2.61. The summed E-state index contributed by atoms with van der Waals surface area (Å²) in [7, 11) is 1.81. The van der Waals surface area contributed by atoms with Crippen molar-refractivity contribution in [1.82, 2.24) is 4.90 Å². The van der Waals surface area contributed by atoms with Crippen LogP contribution in [0, 0.1) is 5.41 Å². The smallest absolute Gasteiger partial charge is 0.0777 e. The highest BCUT2D eigenvalue weighted by molar-refractivity contribution is 4.88. The van der Waals surface area contributed by atoms with Crippen LogP contribution in [-0.4, -0.2) is 49.0 Å². The van der Waals surface area contributed by atoms with Gasteiger partial charge in [0.25, 0.3) is 0 Å². The number of piperidine rings is 1. The first-order valence-corrected chi connectivity index (χ1v) is 6.91. The molecule has 1 atom stereocenters. The quantitative estimate of drug-likeness (QED) is 0.777. The molecule has 0 aromatic carbocycles. The van der Waals surface area contributed by atoms with Crippen LogP contribution < -0.4 is 0 Å². The molecule has 1 heterocycles. The fourth-order valence-electron chi connectivity index (χ4n) is 2.83. The number of hydrogen-bond acceptors (Lipinski definition) is 3. The Morgan fingerprint density at radius 2 is 2.00 bits per heavy atom. The first-order valence-electron chi connectivity index (χ1n) is 6.91. The molecule has 1 saturated heterocycles. The fraction of sp³-hybridized carbons (Fsp3) is 1.00. The summed E-state index contributed by atoms with van der Waals surface area (Å²) in [5, 5.41) is 9.64. The van der Waals surface area contributed by atoms with Gasteiger partial charge in [-0.2, -0.15) is 0 Å². The van der Waals surface area contributed by atoms with E-state index in [-0.39, 0.29) is 11.0 Å². The SMILES string of the molecule is CCC(CC)(CO)CN1CCCC(C)(OC)C1. The maximum Gasteiger partial charge on any atom is 0.0777 e. The summed E-state index contributed by atoms with van der Waals surface area (Å²) in [5.41, 5.74) is 0.0763. The van der Waals surface area contributed by atoms with Crippen LogP contribution in [0.2, 0.25) is 0 Å². The Bertz CT molecular complexity index is 220. The van der Waals surface area contributed by atoms with Crippen molar-refractivity contribution in [2.75, 3.05) is 33.4 Å². The van der Waals surface area contributed by atoms with Crippen molar-refractivity contribution in [2.45, 2.75) is 52.1 Å². The molecule has 3 heteroatoms. The molecule has 1 N–H and O–H groups in total. The van der Waals surface area contributed by atoms with Gasteiger partial charge in [-0.3, -0.25) is 4.90 Å². The molecular formula is C14H29NO2. The van der Waals surface area contributed by atoms with Gasteiger partial charge in [0.15, 0.2) is 0 Å². The van der Waals surface area contributed by atoms with Crippen LogP contribution >= 0.6 is 0 Å². The van der Waals surface area contributed by atoms with Crippen LogP contribution in [0.1, 0.15) is 46.5 Å². The second-order valence-electron chi connectivity index (χ2n) is 5.83. The van der Waals surface area contributed by atoms with Gasteiger partial charge in [0.05, 0.1) is 5.60 Å². The molecule has 0 amide bonds. The molecule has 102 valence electrons. The van der Waals surface area contributed by atoms with E-state index in [9.17, 15) is 5.11 Å². The Morgan fingerprint density at radius 1 is 1.35 bits per heavy atom. The minimum absolute atomic E-state index is 0.000921. The molecule has 17 heavy (non-hydrogen) atoms. The fourth-order valence-corrected chi connectivity index (χ4v) is 2.83. The van der Waals surface area contributed by atoms with Gasteiger partial charge in [-0.15, -0.1) is 0 Å². The molecule has 1 aliphatic heterocycles. The molecular weight excluding hydrogens is 214 g/mol. The predicted octanol–water partition coefficient (Wildman–Crippen LogP) is 2.29. The second-order valence-corrected chi connectivity index (χ2v) is 5.83. The standard InChI is InChI=1S/C14H29NO2/c1-5-14(6-2,12-16)11-15-9-7-8-13(3,10-15)17-4/h16H,5-12H2,1-4H3. The Kier molecular flexibility index (Phi) is 5.42. The molecule has 1 aliphatic rings. The van der Waals surface area contributed by atoms with Crippen molar-refractivity contribution in [2.24, 2.45) is 5.41 Å². The summed E-state index contributed by atoms with van der Waals surface area (Å²) in [6, 6.07) is 0. The lowest BCUT2D eigenvalue weighted by Crippen LogP contribution is -2.51. The van der Waals surface area contributed by atoms with E-state index in [2.05, 4.69) is 25.7 Å². The van der Waals surface area contributed by atoms with Crippen molar-refractivity contribution in [3.05, 3.63) is 0 Å². The number of aliphatic hydroxyl groups is 1. The molecule has 0 spiro atoms. The normalized spacial score (nSPS) is 27.4. The van der Waals surface area contributed by atoms with Gasteiger partial charge in [-0.25, -0.2) is 0 Å². The molecule has 1 unspecified atom stereocenters. The maximum absolute atomic E-state index is 9.64. The number of hydrogen-bond donors (Lipinski definition) is 1. The lowest BCUT2D eigenvalue weighted by Gasteiger charge is -2.43. The zero-order valence-electron chi connectivity index (χ0n) is 12.0. The van der Waals surface area contributed by atoms with Gasteiger partial charge >= 0.3 is 0 Å². The first kappa shape index (κ1) is 14.9. The maximum atomic E-state index is 9.64. The van der Waals surface area contributed by atoms with Crippen LogP contribution in [0.5, 0.6) is 0 Å². The molecule has 0 aromatic rings. The average molecular weight is 243 g/mol. The van der Waals surface area contributed by atoms with Crippen molar-refractivity contribution in [1.29, 1.82) is 0 Å². The van der Waals surface area contributed by atoms with E-state index >= 15 is 0 Å². The van der Waals surface area contributed by atoms with Crippen LogP contribution in [0.25, 0.3) is 0 Å². The molecule has 1 fully saturated rings. The van der Waals surface area contributed by atoms with Crippen LogP contribution in [0.15, 0.2) is 0 Å². The number of likely N-dealkylation sites (tertiary alicyclic amines) is 1. The monoisotopic (exact) mass is 243 g/mol. The summed E-state index contributed by atoms with van der Waals surface area (Å²) >= 11 is 0. The molecule has 0 saturated carbocycles. The van der Waals surface area contributed by atoms with Gasteiger partial charge in [-0.05, 0) is 39.2 Å². The summed E-state index contributed by atoms with van der Waals surface area (Å²) in [6.07, 6.45) is 4.42. The van der Waals surface area contributed by atoms with Gasteiger partial charge in [0.1, 0.15) is 0 Å². The second kappa shape index (κ2) is 6.17. The third kappa shape index (κ3) is 3.67. The Hall–Kier alpha value is -0.120. The van der Waals surface area contributed by atoms with E-state index in [1.54, 1.807) is 0 Å². The third-order valence-electron chi connectivity index (χ3n) is 4.63. The predicted molar refractivity (Wildman–Crippen MR) is 71.2 cm³/mol. The van der Waals surface area contributed by atoms with Crippen LogP contribution in [-0.2, 0) is 4.74 Å². The third-order valence-corrected chi connectivity index (χ3v) is 4.63. The van der Waals surface area contributed by atoms with Crippen molar-refractivity contribution < 1.29 is 9.84 Å². The van der Waals surface area contributed by atoms with E-state index in [1.165, 1.54) is 6.42 Å². The number of ether oxygens (including phenoxy) is 1. The van der Waals surface area contributed by atoms with Crippen molar-refractivity contribution in [3.8, 4) is 0 Å².